The Balaban J connectivity index is 1.41. The molecule has 2 aromatic heterocycles. The van der Waals surface area contributed by atoms with Crippen molar-refractivity contribution >= 4 is 56.4 Å². The van der Waals surface area contributed by atoms with E-state index in [0.29, 0.717) is 5.56 Å². The van der Waals surface area contributed by atoms with Crippen molar-refractivity contribution in [2.75, 3.05) is 9.80 Å². The van der Waals surface area contributed by atoms with Crippen molar-refractivity contribution in [2.24, 2.45) is 0 Å². The highest BCUT2D eigenvalue weighted by molar-refractivity contribution is 7.13. The fourth-order valence-corrected chi connectivity index (χ4v) is 6.73. The van der Waals surface area contributed by atoms with E-state index in [4.69, 9.17) is 4.98 Å². The number of pyridine rings is 1. The maximum atomic E-state index is 9.37. The van der Waals surface area contributed by atoms with Crippen molar-refractivity contribution < 1.29 is 0 Å². The highest BCUT2D eigenvalue weighted by atomic mass is 32.1. The van der Waals surface area contributed by atoms with E-state index < -0.39 is 0 Å². The molecule has 0 N–H and O–H groups in total. The lowest BCUT2D eigenvalue weighted by atomic mass is 10.00. The molecule has 0 bridgehead atoms. The SMILES string of the molecule is N#Cc1ccc(-c2cc(-c3cccs3)c3cccc(N4c5ccccc5N(c5ccccc5)c5ccccc54)c3n2)cc1. The fraction of sp³-hybridized carbons (Fsp3) is 0. The average molecular weight is 569 g/mol. The van der Waals surface area contributed by atoms with Crippen LogP contribution in [-0.2, 0) is 0 Å². The number of benzene rings is 5. The van der Waals surface area contributed by atoms with Gasteiger partial charge in [0.2, 0.25) is 0 Å². The number of hydrogen-bond donors (Lipinski definition) is 0. The van der Waals surface area contributed by atoms with Gasteiger partial charge in [0.25, 0.3) is 0 Å². The van der Waals surface area contributed by atoms with E-state index in [0.717, 1.165) is 61.8 Å². The molecule has 202 valence electrons. The first-order valence-electron chi connectivity index (χ1n) is 14.1. The van der Waals surface area contributed by atoms with Gasteiger partial charge in [0, 0.05) is 27.1 Å². The number of thiophene rings is 1. The zero-order valence-electron chi connectivity index (χ0n) is 23.1. The summed E-state index contributed by atoms with van der Waals surface area (Å²) >= 11 is 1.73. The summed E-state index contributed by atoms with van der Waals surface area (Å²) in [6.45, 7) is 0. The number of hydrogen-bond acceptors (Lipinski definition) is 5. The third kappa shape index (κ3) is 4.16. The van der Waals surface area contributed by atoms with Gasteiger partial charge in [-0.15, -0.1) is 11.3 Å². The van der Waals surface area contributed by atoms with Crippen LogP contribution in [0.2, 0.25) is 0 Å². The van der Waals surface area contributed by atoms with Gasteiger partial charge in [-0.05, 0) is 72.1 Å². The van der Waals surface area contributed by atoms with Crippen LogP contribution in [0.5, 0.6) is 0 Å². The zero-order chi connectivity index (χ0) is 28.8. The molecule has 0 spiro atoms. The van der Waals surface area contributed by atoms with E-state index in [9.17, 15) is 5.26 Å². The first kappa shape index (κ1) is 25.0. The number of nitrogens with zero attached hydrogens (tertiary/aromatic N) is 4. The molecule has 7 aromatic rings. The van der Waals surface area contributed by atoms with Crippen molar-refractivity contribution in [2.45, 2.75) is 0 Å². The molecule has 43 heavy (non-hydrogen) atoms. The Kier molecular flexibility index (Phi) is 5.99. The Hall–Kier alpha value is -5.70. The van der Waals surface area contributed by atoms with Crippen molar-refractivity contribution in [3.8, 4) is 27.8 Å². The van der Waals surface area contributed by atoms with Gasteiger partial charge in [0.05, 0.1) is 51.3 Å². The Morgan fingerprint density at radius 3 is 1.84 bits per heavy atom. The topological polar surface area (TPSA) is 43.2 Å². The molecule has 0 fully saturated rings. The van der Waals surface area contributed by atoms with Gasteiger partial charge in [-0.1, -0.05) is 72.8 Å². The summed E-state index contributed by atoms with van der Waals surface area (Å²) in [5, 5.41) is 12.6. The third-order valence-electron chi connectivity index (χ3n) is 7.90. The molecule has 0 unspecified atom stereocenters. The Bertz CT molecular complexity index is 2100. The minimum absolute atomic E-state index is 0.633. The highest BCUT2D eigenvalue weighted by Gasteiger charge is 2.31. The lowest BCUT2D eigenvalue weighted by Crippen LogP contribution is -2.24. The van der Waals surface area contributed by atoms with Crippen LogP contribution < -0.4 is 9.80 Å². The molecule has 0 saturated carbocycles. The van der Waals surface area contributed by atoms with E-state index in [2.05, 4.69) is 137 Å². The molecule has 0 radical (unpaired) electrons. The Labute approximate surface area is 254 Å². The van der Waals surface area contributed by atoms with Gasteiger partial charge >= 0.3 is 0 Å². The standard InChI is InChI=1S/C38H24N4S/c39-25-26-19-21-27(22-20-26)31-24-30(37-18-9-23-43-37)29-12-8-17-36(38(29)40-31)42-34-15-6-4-13-32(34)41(28-10-2-1-3-11-28)33-14-5-7-16-35(33)42/h1-24H. The molecule has 0 atom stereocenters. The molecule has 3 heterocycles. The van der Waals surface area contributed by atoms with Gasteiger partial charge < -0.3 is 9.80 Å². The van der Waals surface area contributed by atoms with Crippen LogP contribution in [0.3, 0.4) is 0 Å². The largest absolute Gasteiger partial charge is 0.306 e. The van der Waals surface area contributed by atoms with Crippen molar-refractivity contribution in [1.82, 2.24) is 4.98 Å². The predicted molar refractivity (Wildman–Crippen MR) is 178 cm³/mol. The number of fused-ring (bicyclic) bond motifs is 3. The number of para-hydroxylation sites is 6. The molecular formula is C38H24N4S. The maximum absolute atomic E-state index is 9.37. The average Bonchev–Trinajstić information content (AvgIpc) is 3.62. The molecule has 4 nitrogen and oxygen atoms in total. The van der Waals surface area contributed by atoms with E-state index >= 15 is 0 Å². The zero-order valence-corrected chi connectivity index (χ0v) is 23.9. The monoisotopic (exact) mass is 568 g/mol. The van der Waals surface area contributed by atoms with Crippen LogP contribution in [0, 0.1) is 11.3 Å². The van der Waals surface area contributed by atoms with E-state index in [1.165, 1.54) is 4.88 Å². The number of nitriles is 1. The molecule has 1 aliphatic rings. The lowest BCUT2D eigenvalue weighted by Gasteiger charge is -2.40. The van der Waals surface area contributed by atoms with Gasteiger partial charge in [-0.25, -0.2) is 4.98 Å². The smallest absolute Gasteiger partial charge is 0.0991 e. The summed E-state index contributed by atoms with van der Waals surface area (Å²) in [4.78, 5) is 11.2. The second-order valence-electron chi connectivity index (χ2n) is 10.4. The van der Waals surface area contributed by atoms with Crippen LogP contribution in [-0.4, -0.2) is 4.98 Å². The van der Waals surface area contributed by atoms with Gasteiger partial charge in [-0.2, -0.15) is 5.26 Å². The van der Waals surface area contributed by atoms with Crippen LogP contribution in [0.4, 0.5) is 34.1 Å². The summed E-state index contributed by atoms with van der Waals surface area (Å²) in [5.74, 6) is 0. The van der Waals surface area contributed by atoms with Crippen LogP contribution in [0.25, 0.3) is 32.6 Å². The fourth-order valence-electron chi connectivity index (χ4n) is 5.97. The second kappa shape index (κ2) is 10.3. The number of rotatable bonds is 4. The van der Waals surface area contributed by atoms with Crippen molar-refractivity contribution in [1.29, 1.82) is 5.26 Å². The Morgan fingerprint density at radius 1 is 0.581 bits per heavy atom. The summed E-state index contributed by atoms with van der Waals surface area (Å²) in [5.41, 5.74) is 11.0. The third-order valence-corrected chi connectivity index (χ3v) is 8.80. The first-order chi connectivity index (χ1) is 21.3. The Morgan fingerprint density at radius 2 is 1.21 bits per heavy atom. The predicted octanol–water partition coefficient (Wildman–Crippen LogP) is 10.8. The summed E-state index contributed by atoms with van der Waals surface area (Å²) < 4.78 is 0. The minimum atomic E-state index is 0.633. The van der Waals surface area contributed by atoms with Crippen molar-refractivity contribution in [3.63, 3.8) is 0 Å². The van der Waals surface area contributed by atoms with E-state index in [-0.39, 0.29) is 0 Å². The summed E-state index contributed by atoms with van der Waals surface area (Å²) in [6.07, 6.45) is 0. The molecule has 8 rings (SSSR count). The first-order valence-corrected chi connectivity index (χ1v) is 15.0. The van der Waals surface area contributed by atoms with Crippen LogP contribution in [0.1, 0.15) is 5.56 Å². The van der Waals surface area contributed by atoms with Crippen LogP contribution >= 0.6 is 11.3 Å². The highest BCUT2D eigenvalue weighted by Crippen LogP contribution is 2.55. The normalized spacial score (nSPS) is 12.1. The molecule has 0 aliphatic carbocycles. The summed E-state index contributed by atoms with van der Waals surface area (Å²) in [6, 6.07) is 50.4. The van der Waals surface area contributed by atoms with Gasteiger partial charge in [-0.3, -0.25) is 0 Å². The number of aromatic nitrogens is 1. The molecule has 0 amide bonds. The molecule has 0 saturated heterocycles. The maximum Gasteiger partial charge on any atom is 0.0991 e. The van der Waals surface area contributed by atoms with Crippen LogP contribution in [0.15, 0.2) is 145 Å². The quantitative estimate of drug-likeness (QED) is 0.212. The van der Waals surface area contributed by atoms with E-state index in [1.54, 1.807) is 11.3 Å². The van der Waals surface area contributed by atoms with Gasteiger partial charge in [0.1, 0.15) is 0 Å². The molecule has 1 aliphatic heterocycles. The lowest BCUT2D eigenvalue weighted by molar-refractivity contribution is 1.17. The molecular weight excluding hydrogens is 545 g/mol. The molecule has 5 heteroatoms. The number of anilines is 6. The van der Waals surface area contributed by atoms with E-state index in [1.807, 2.05) is 24.3 Å². The summed E-state index contributed by atoms with van der Waals surface area (Å²) in [7, 11) is 0. The van der Waals surface area contributed by atoms with Gasteiger partial charge in [0.15, 0.2) is 0 Å². The second-order valence-corrected chi connectivity index (χ2v) is 11.3. The molecule has 5 aromatic carbocycles. The van der Waals surface area contributed by atoms with Crippen molar-refractivity contribution in [3.05, 3.63) is 150 Å². The minimum Gasteiger partial charge on any atom is -0.306 e.